The van der Waals surface area contributed by atoms with E-state index in [1.807, 2.05) is 66.9 Å². The molecule has 2 aromatic rings. The van der Waals surface area contributed by atoms with Crippen LogP contribution in [0.1, 0.15) is 12.0 Å². The van der Waals surface area contributed by atoms with E-state index in [0.29, 0.717) is 6.42 Å². The quantitative estimate of drug-likeness (QED) is 0.619. The van der Waals surface area contributed by atoms with Crippen molar-refractivity contribution in [2.75, 3.05) is 11.9 Å². The van der Waals surface area contributed by atoms with E-state index in [9.17, 15) is 4.79 Å². The summed E-state index contributed by atoms with van der Waals surface area (Å²) in [5, 5.41) is 0. The summed E-state index contributed by atoms with van der Waals surface area (Å²) in [5.74, 6) is 0.0457. The van der Waals surface area contributed by atoms with Crippen LogP contribution in [0.25, 0.3) is 5.57 Å². The molecule has 1 amide bonds. The van der Waals surface area contributed by atoms with Gasteiger partial charge in [0.1, 0.15) is 0 Å². The first-order valence-electron chi connectivity index (χ1n) is 6.92. The molecular formula is C18H16N2O. The maximum absolute atomic E-state index is 12.2. The van der Waals surface area contributed by atoms with E-state index in [0.717, 1.165) is 22.5 Å². The SMILES string of the molecule is CN1C(=O)/C(=C\CC=Nc2ccccc2)c2ccccc21. The summed E-state index contributed by atoms with van der Waals surface area (Å²) in [5.41, 5.74) is 3.64. The third-order valence-electron chi connectivity index (χ3n) is 3.51. The summed E-state index contributed by atoms with van der Waals surface area (Å²) in [4.78, 5) is 18.3. The molecule has 0 fully saturated rings. The van der Waals surface area contributed by atoms with Crippen LogP contribution in [0.2, 0.25) is 0 Å². The first-order chi connectivity index (χ1) is 10.3. The third kappa shape index (κ3) is 2.63. The number of aliphatic imine (C=N–C) groups is 1. The van der Waals surface area contributed by atoms with Crippen LogP contribution in [-0.2, 0) is 4.79 Å². The molecule has 0 N–H and O–H groups in total. The largest absolute Gasteiger partial charge is 0.311 e. The van der Waals surface area contributed by atoms with Crippen LogP contribution >= 0.6 is 0 Å². The summed E-state index contributed by atoms with van der Waals surface area (Å²) < 4.78 is 0. The summed E-state index contributed by atoms with van der Waals surface area (Å²) >= 11 is 0. The summed E-state index contributed by atoms with van der Waals surface area (Å²) in [6, 6.07) is 17.6. The van der Waals surface area contributed by atoms with Gasteiger partial charge >= 0.3 is 0 Å². The van der Waals surface area contributed by atoms with Gasteiger partial charge in [0.15, 0.2) is 0 Å². The lowest BCUT2D eigenvalue weighted by Gasteiger charge is -2.07. The normalized spacial score (nSPS) is 16.0. The molecular weight excluding hydrogens is 260 g/mol. The highest BCUT2D eigenvalue weighted by atomic mass is 16.2. The average Bonchev–Trinajstić information content (AvgIpc) is 2.77. The number of carbonyl (C=O) groups excluding carboxylic acids is 1. The number of benzene rings is 2. The van der Waals surface area contributed by atoms with Gasteiger partial charge in [-0.3, -0.25) is 9.79 Å². The van der Waals surface area contributed by atoms with Crippen LogP contribution in [0.15, 0.2) is 65.7 Å². The van der Waals surface area contributed by atoms with Gasteiger partial charge in [0.05, 0.1) is 11.4 Å². The smallest absolute Gasteiger partial charge is 0.258 e. The second-order valence-electron chi connectivity index (χ2n) is 4.88. The predicted molar refractivity (Wildman–Crippen MR) is 87.0 cm³/mol. The van der Waals surface area contributed by atoms with Gasteiger partial charge in [-0.15, -0.1) is 0 Å². The van der Waals surface area contributed by atoms with Crippen molar-refractivity contribution in [1.82, 2.24) is 0 Å². The molecule has 104 valence electrons. The van der Waals surface area contributed by atoms with Crippen LogP contribution in [0.5, 0.6) is 0 Å². The molecule has 0 spiro atoms. The Kier molecular flexibility index (Phi) is 3.65. The van der Waals surface area contributed by atoms with Crippen molar-refractivity contribution in [3.8, 4) is 0 Å². The Morgan fingerprint density at radius 3 is 2.57 bits per heavy atom. The zero-order chi connectivity index (χ0) is 14.7. The minimum atomic E-state index is 0.0457. The van der Waals surface area contributed by atoms with Crippen molar-refractivity contribution in [3.63, 3.8) is 0 Å². The standard InChI is InChI=1S/C18H16N2O/c1-20-17-12-6-5-10-15(17)16(18(20)21)11-7-13-19-14-8-3-2-4-9-14/h2-6,8-13H,7H2,1H3/b16-11-,19-13?. The molecule has 21 heavy (non-hydrogen) atoms. The van der Waals surface area contributed by atoms with Crippen LogP contribution in [0, 0.1) is 0 Å². The second-order valence-corrected chi connectivity index (χ2v) is 4.88. The molecule has 1 heterocycles. The minimum Gasteiger partial charge on any atom is -0.311 e. The van der Waals surface area contributed by atoms with Crippen molar-refractivity contribution in [3.05, 3.63) is 66.2 Å². The fourth-order valence-electron chi connectivity index (χ4n) is 2.44. The number of rotatable bonds is 3. The Balaban J connectivity index is 1.78. The number of allylic oxidation sites excluding steroid dienone is 1. The number of anilines is 1. The summed E-state index contributed by atoms with van der Waals surface area (Å²) in [6.45, 7) is 0. The molecule has 1 aliphatic rings. The molecule has 3 heteroatoms. The molecule has 0 unspecified atom stereocenters. The number of amides is 1. The van der Waals surface area contributed by atoms with Crippen LogP contribution in [-0.4, -0.2) is 19.2 Å². The van der Waals surface area contributed by atoms with Crippen LogP contribution in [0.3, 0.4) is 0 Å². The Hall–Kier alpha value is -2.68. The van der Waals surface area contributed by atoms with Gasteiger partial charge in [0.25, 0.3) is 5.91 Å². The van der Waals surface area contributed by atoms with Gasteiger partial charge in [-0.2, -0.15) is 0 Å². The third-order valence-corrected chi connectivity index (χ3v) is 3.51. The lowest BCUT2D eigenvalue weighted by Crippen LogP contribution is -2.20. The Morgan fingerprint density at radius 2 is 1.76 bits per heavy atom. The number of hydrogen-bond acceptors (Lipinski definition) is 2. The molecule has 1 aliphatic heterocycles. The zero-order valence-corrected chi connectivity index (χ0v) is 11.9. The maximum atomic E-state index is 12.2. The monoisotopic (exact) mass is 276 g/mol. The Bertz CT molecular complexity index is 717. The molecule has 0 aliphatic carbocycles. The van der Waals surface area contributed by atoms with Gasteiger partial charge in [-0.05, 0) is 18.2 Å². The number of likely N-dealkylation sites (N-methyl/N-ethyl adjacent to an activating group) is 1. The molecule has 0 atom stereocenters. The topological polar surface area (TPSA) is 32.7 Å². The van der Waals surface area contributed by atoms with Gasteiger partial charge in [0.2, 0.25) is 0 Å². The Labute approximate surface area is 124 Å². The fourth-order valence-corrected chi connectivity index (χ4v) is 2.44. The molecule has 0 radical (unpaired) electrons. The first kappa shape index (κ1) is 13.3. The van der Waals surface area contributed by atoms with E-state index in [-0.39, 0.29) is 5.91 Å². The van der Waals surface area contributed by atoms with Crippen LogP contribution in [0.4, 0.5) is 11.4 Å². The van der Waals surface area contributed by atoms with E-state index in [1.165, 1.54) is 0 Å². The van der Waals surface area contributed by atoms with Crippen molar-refractivity contribution in [2.45, 2.75) is 6.42 Å². The molecule has 3 nitrogen and oxygen atoms in total. The van der Waals surface area contributed by atoms with Gasteiger partial charge in [0, 0.05) is 30.8 Å². The number of nitrogens with zero attached hydrogens (tertiary/aromatic N) is 2. The van der Waals surface area contributed by atoms with Crippen LogP contribution < -0.4 is 4.90 Å². The zero-order valence-electron chi connectivity index (χ0n) is 11.9. The van der Waals surface area contributed by atoms with E-state index in [2.05, 4.69) is 4.99 Å². The highest BCUT2D eigenvalue weighted by molar-refractivity contribution is 6.32. The lowest BCUT2D eigenvalue weighted by molar-refractivity contribution is -0.112. The fraction of sp³-hybridized carbons (Fsp3) is 0.111. The van der Waals surface area contributed by atoms with Gasteiger partial charge in [-0.1, -0.05) is 42.5 Å². The minimum absolute atomic E-state index is 0.0457. The predicted octanol–water partition coefficient (Wildman–Crippen LogP) is 3.84. The highest BCUT2D eigenvalue weighted by Gasteiger charge is 2.28. The number of hydrogen-bond donors (Lipinski definition) is 0. The molecule has 0 aromatic heterocycles. The summed E-state index contributed by atoms with van der Waals surface area (Å²) in [6.07, 6.45) is 4.41. The molecule has 0 saturated carbocycles. The number of fused-ring (bicyclic) bond motifs is 1. The lowest BCUT2D eigenvalue weighted by atomic mass is 10.1. The van der Waals surface area contributed by atoms with Crippen molar-refractivity contribution in [1.29, 1.82) is 0 Å². The number of para-hydroxylation sites is 2. The van der Waals surface area contributed by atoms with Gasteiger partial charge in [-0.25, -0.2) is 0 Å². The molecule has 0 saturated heterocycles. The van der Waals surface area contributed by atoms with Crippen molar-refractivity contribution in [2.24, 2.45) is 4.99 Å². The first-order valence-corrected chi connectivity index (χ1v) is 6.92. The highest BCUT2D eigenvalue weighted by Crippen LogP contribution is 2.35. The average molecular weight is 276 g/mol. The van der Waals surface area contributed by atoms with E-state index >= 15 is 0 Å². The molecule has 0 bridgehead atoms. The second kappa shape index (κ2) is 5.75. The van der Waals surface area contributed by atoms with E-state index in [1.54, 1.807) is 11.9 Å². The molecule has 3 rings (SSSR count). The molecule has 2 aromatic carbocycles. The Morgan fingerprint density at radius 1 is 1.05 bits per heavy atom. The van der Waals surface area contributed by atoms with Crippen molar-refractivity contribution >= 4 is 29.1 Å². The van der Waals surface area contributed by atoms with Gasteiger partial charge < -0.3 is 4.90 Å². The van der Waals surface area contributed by atoms with E-state index in [4.69, 9.17) is 0 Å². The maximum Gasteiger partial charge on any atom is 0.258 e. The van der Waals surface area contributed by atoms with Crippen molar-refractivity contribution < 1.29 is 4.79 Å². The number of carbonyl (C=O) groups is 1. The van der Waals surface area contributed by atoms with E-state index < -0.39 is 0 Å². The summed E-state index contributed by atoms with van der Waals surface area (Å²) in [7, 11) is 1.81.